The maximum atomic E-state index is 12.2. The maximum Gasteiger partial charge on any atom is 0.238 e. The zero-order chi connectivity index (χ0) is 14.1. The first kappa shape index (κ1) is 14.0. The van der Waals surface area contributed by atoms with Gasteiger partial charge in [-0.25, -0.2) is 0 Å². The summed E-state index contributed by atoms with van der Waals surface area (Å²) in [5.74, 6) is 0.609. The van der Waals surface area contributed by atoms with Gasteiger partial charge in [-0.1, -0.05) is 45.7 Å². The van der Waals surface area contributed by atoms with Crippen LogP contribution in [0.25, 0.3) is 0 Å². The molecule has 2 nitrogen and oxygen atoms in total. The topological polar surface area (TPSA) is 20.3 Å². The van der Waals surface area contributed by atoms with Crippen molar-refractivity contribution in [3.8, 4) is 0 Å². The predicted octanol–water partition coefficient (Wildman–Crippen LogP) is 4.88. The highest BCUT2D eigenvalue weighted by Crippen LogP contribution is 2.42. The lowest BCUT2D eigenvalue weighted by molar-refractivity contribution is -0.115. The van der Waals surface area contributed by atoms with Gasteiger partial charge in [0.2, 0.25) is 5.91 Å². The van der Waals surface area contributed by atoms with Crippen LogP contribution >= 0.6 is 39.3 Å². The molecule has 0 bridgehead atoms. The Labute approximate surface area is 135 Å². The van der Waals surface area contributed by atoms with Gasteiger partial charge in [0.1, 0.15) is 5.37 Å². The summed E-state index contributed by atoms with van der Waals surface area (Å²) >= 11 is 11.1. The van der Waals surface area contributed by atoms with Crippen LogP contribution in [0.5, 0.6) is 0 Å². The molecule has 1 heterocycles. The molecule has 2 aromatic carbocycles. The lowest BCUT2D eigenvalue weighted by Crippen LogP contribution is -2.27. The molecule has 1 aliphatic rings. The van der Waals surface area contributed by atoms with Gasteiger partial charge in [0, 0.05) is 15.2 Å². The van der Waals surface area contributed by atoms with Crippen LogP contribution in [0.2, 0.25) is 5.02 Å². The van der Waals surface area contributed by atoms with Crippen molar-refractivity contribution in [1.82, 2.24) is 0 Å². The van der Waals surface area contributed by atoms with Gasteiger partial charge in [0.05, 0.1) is 5.75 Å². The maximum absolute atomic E-state index is 12.2. The molecule has 1 fully saturated rings. The van der Waals surface area contributed by atoms with Gasteiger partial charge >= 0.3 is 0 Å². The summed E-state index contributed by atoms with van der Waals surface area (Å²) in [7, 11) is 0. The Balaban J connectivity index is 1.98. The van der Waals surface area contributed by atoms with Crippen molar-refractivity contribution in [3.05, 3.63) is 63.6 Å². The zero-order valence-corrected chi connectivity index (χ0v) is 13.6. The van der Waals surface area contributed by atoms with Crippen molar-refractivity contribution in [2.24, 2.45) is 0 Å². The molecule has 0 spiro atoms. The van der Waals surface area contributed by atoms with E-state index < -0.39 is 0 Å². The number of amides is 1. The third-order valence-corrected chi connectivity index (χ3v) is 5.09. The summed E-state index contributed by atoms with van der Waals surface area (Å²) in [6, 6.07) is 15.5. The lowest BCUT2D eigenvalue weighted by Gasteiger charge is -2.24. The molecule has 1 saturated heterocycles. The molecule has 5 heteroatoms. The van der Waals surface area contributed by atoms with Gasteiger partial charge in [-0.2, -0.15) is 0 Å². The first-order chi connectivity index (χ1) is 9.65. The van der Waals surface area contributed by atoms with Crippen molar-refractivity contribution in [2.75, 3.05) is 10.7 Å². The molecule has 2 aromatic rings. The van der Waals surface area contributed by atoms with E-state index in [1.165, 1.54) is 0 Å². The molecule has 1 amide bonds. The van der Waals surface area contributed by atoms with Crippen LogP contribution < -0.4 is 4.90 Å². The number of anilines is 1. The third-order valence-electron chi connectivity index (χ3n) is 3.11. The van der Waals surface area contributed by atoms with Gasteiger partial charge in [0.25, 0.3) is 0 Å². The number of benzene rings is 2. The Kier molecular flexibility index (Phi) is 4.06. The van der Waals surface area contributed by atoms with Crippen LogP contribution in [0.3, 0.4) is 0 Å². The van der Waals surface area contributed by atoms with E-state index in [4.69, 9.17) is 11.6 Å². The van der Waals surface area contributed by atoms with E-state index in [0.29, 0.717) is 10.8 Å². The van der Waals surface area contributed by atoms with Crippen LogP contribution in [0.1, 0.15) is 10.9 Å². The standard InChI is InChI=1S/C15H11BrClNOS/c16-11-6-4-10(5-7-11)15-18(14(19)9-20-15)13-3-1-2-12(17)8-13/h1-8,15H,9H2/t15-/m1/s1. The van der Waals surface area contributed by atoms with Crippen LogP contribution in [-0.4, -0.2) is 11.7 Å². The summed E-state index contributed by atoms with van der Waals surface area (Å²) in [4.78, 5) is 14.0. The van der Waals surface area contributed by atoms with E-state index in [-0.39, 0.29) is 11.3 Å². The molecule has 102 valence electrons. The predicted molar refractivity (Wildman–Crippen MR) is 88.3 cm³/mol. The average molecular weight is 369 g/mol. The first-order valence-electron chi connectivity index (χ1n) is 6.10. The SMILES string of the molecule is O=C1CS[C@H](c2ccc(Br)cc2)N1c1cccc(Cl)c1. The van der Waals surface area contributed by atoms with Crippen LogP contribution in [0.15, 0.2) is 53.0 Å². The normalized spacial score (nSPS) is 18.6. The summed E-state index contributed by atoms with van der Waals surface area (Å²) in [6.45, 7) is 0. The van der Waals surface area contributed by atoms with E-state index in [0.717, 1.165) is 15.7 Å². The number of nitrogens with zero attached hydrogens (tertiary/aromatic N) is 1. The number of halogens is 2. The molecular formula is C15H11BrClNOS. The summed E-state index contributed by atoms with van der Waals surface area (Å²) in [5, 5.41) is 0.649. The summed E-state index contributed by atoms with van der Waals surface area (Å²) in [6.07, 6.45) is 0. The second kappa shape index (κ2) is 5.80. The fraction of sp³-hybridized carbons (Fsp3) is 0.133. The van der Waals surface area contributed by atoms with Gasteiger partial charge in [0.15, 0.2) is 0 Å². The molecule has 0 radical (unpaired) electrons. The number of thioether (sulfide) groups is 1. The lowest BCUT2D eigenvalue weighted by atomic mass is 10.2. The van der Waals surface area contributed by atoms with Crippen LogP contribution in [0, 0.1) is 0 Å². The van der Waals surface area contributed by atoms with E-state index in [9.17, 15) is 4.79 Å². The minimum Gasteiger partial charge on any atom is -0.295 e. The highest BCUT2D eigenvalue weighted by molar-refractivity contribution is 9.10. The number of hydrogen-bond donors (Lipinski definition) is 0. The van der Waals surface area contributed by atoms with Crippen molar-refractivity contribution in [3.63, 3.8) is 0 Å². The number of hydrogen-bond acceptors (Lipinski definition) is 2. The molecule has 3 rings (SSSR count). The Morgan fingerprint density at radius 3 is 2.65 bits per heavy atom. The molecular weight excluding hydrogens is 358 g/mol. The van der Waals surface area contributed by atoms with Crippen molar-refractivity contribution >= 4 is 50.9 Å². The Bertz CT molecular complexity index is 647. The van der Waals surface area contributed by atoms with Crippen LogP contribution in [0.4, 0.5) is 5.69 Å². The number of carbonyl (C=O) groups excluding carboxylic acids is 1. The quantitative estimate of drug-likeness (QED) is 0.753. The molecule has 20 heavy (non-hydrogen) atoms. The molecule has 0 saturated carbocycles. The molecule has 1 atom stereocenters. The summed E-state index contributed by atoms with van der Waals surface area (Å²) < 4.78 is 1.03. The minimum absolute atomic E-state index is 0.00840. The van der Waals surface area contributed by atoms with Gasteiger partial charge in [-0.15, -0.1) is 11.8 Å². The molecule has 0 aliphatic carbocycles. The highest BCUT2D eigenvalue weighted by atomic mass is 79.9. The second-order valence-electron chi connectivity index (χ2n) is 4.46. The Morgan fingerprint density at radius 2 is 1.95 bits per heavy atom. The smallest absolute Gasteiger partial charge is 0.238 e. The molecule has 0 N–H and O–H groups in total. The minimum atomic E-state index is 0.00840. The van der Waals surface area contributed by atoms with Crippen molar-refractivity contribution in [2.45, 2.75) is 5.37 Å². The van der Waals surface area contributed by atoms with Crippen molar-refractivity contribution < 1.29 is 4.79 Å². The van der Waals surface area contributed by atoms with Gasteiger partial charge < -0.3 is 0 Å². The van der Waals surface area contributed by atoms with E-state index in [1.54, 1.807) is 11.8 Å². The monoisotopic (exact) mass is 367 g/mol. The highest BCUT2D eigenvalue weighted by Gasteiger charge is 2.33. The van der Waals surface area contributed by atoms with E-state index in [2.05, 4.69) is 15.9 Å². The molecule has 0 aromatic heterocycles. The number of carbonyl (C=O) groups is 1. The molecule has 1 aliphatic heterocycles. The average Bonchev–Trinajstić information content (AvgIpc) is 2.81. The van der Waals surface area contributed by atoms with Gasteiger partial charge in [-0.05, 0) is 35.9 Å². The Morgan fingerprint density at radius 1 is 1.20 bits per heavy atom. The fourth-order valence-electron chi connectivity index (χ4n) is 2.20. The zero-order valence-electron chi connectivity index (χ0n) is 10.4. The second-order valence-corrected chi connectivity index (χ2v) is 6.88. The largest absolute Gasteiger partial charge is 0.295 e. The first-order valence-corrected chi connectivity index (χ1v) is 8.32. The number of rotatable bonds is 2. The van der Waals surface area contributed by atoms with Crippen LogP contribution in [-0.2, 0) is 4.79 Å². The van der Waals surface area contributed by atoms with E-state index >= 15 is 0 Å². The molecule has 0 unspecified atom stereocenters. The van der Waals surface area contributed by atoms with Gasteiger partial charge in [-0.3, -0.25) is 9.69 Å². The summed E-state index contributed by atoms with van der Waals surface area (Å²) in [5.41, 5.74) is 1.96. The third kappa shape index (κ3) is 2.73. The Hall–Kier alpha value is -0.970. The fourth-order valence-corrected chi connectivity index (χ4v) is 3.83. The van der Waals surface area contributed by atoms with Crippen molar-refractivity contribution in [1.29, 1.82) is 0 Å². The van der Waals surface area contributed by atoms with E-state index in [1.807, 2.05) is 53.4 Å².